The third-order valence-corrected chi connectivity index (χ3v) is 9.45. The summed E-state index contributed by atoms with van der Waals surface area (Å²) in [5.41, 5.74) is 3.12. The largest absolute Gasteiger partial charge is 0.488 e. The number of hydrogen-bond donors (Lipinski definition) is 0. The maximum Gasteiger partial charge on any atom is 0.338 e. The van der Waals surface area contributed by atoms with E-state index in [2.05, 4.69) is 0 Å². The van der Waals surface area contributed by atoms with E-state index in [1.165, 1.54) is 22.7 Å². The molecular formula is C36H29ClN2O6S2. The number of benzene rings is 3. The zero-order chi connectivity index (χ0) is 32.9. The molecule has 0 N–H and O–H groups in total. The Balaban J connectivity index is 1.43. The number of esters is 2. The molecule has 1 aliphatic rings. The van der Waals surface area contributed by atoms with E-state index in [-0.39, 0.29) is 24.7 Å². The number of thiazole rings is 1. The van der Waals surface area contributed by atoms with Gasteiger partial charge in [0.05, 0.1) is 34.6 Å². The van der Waals surface area contributed by atoms with E-state index in [4.69, 9.17) is 30.8 Å². The smallest absolute Gasteiger partial charge is 0.338 e. The Morgan fingerprint density at radius 3 is 2.38 bits per heavy atom. The Hall–Kier alpha value is -4.77. The summed E-state index contributed by atoms with van der Waals surface area (Å²) in [6, 6.07) is 24.7. The molecule has 1 aliphatic heterocycles. The van der Waals surface area contributed by atoms with Crippen LogP contribution < -0.4 is 19.6 Å². The Morgan fingerprint density at radius 2 is 1.68 bits per heavy atom. The van der Waals surface area contributed by atoms with Crippen LogP contribution in [0.5, 0.6) is 5.75 Å². The Kier molecular flexibility index (Phi) is 9.81. The Labute approximate surface area is 283 Å². The molecule has 5 aromatic rings. The zero-order valence-corrected chi connectivity index (χ0v) is 27.9. The maximum atomic E-state index is 14.2. The molecule has 0 fully saturated rings. The summed E-state index contributed by atoms with van der Waals surface area (Å²) in [6.07, 6.45) is 1.73. The molecule has 0 saturated carbocycles. The number of thiophene rings is 1. The molecule has 1 atom stereocenters. The van der Waals surface area contributed by atoms with Gasteiger partial charge in [0, 0.05) is 21.0 Å². The van der Waals surface area contributed by atoms with Crippen LogP contribution in [0, 0.1) is 0 Å². The van der Waals surface area contributed by atoms with Gasteiger partial charge in [-0.25, -0.2) is 14.6 Å². The molecule has 0 bridgehead atoms. The minimum atomic E-state index is -0.727. The van der Waals surface area contributed by atoms with E-state index in [0.29, 0.717) is 49.1 Å². The summed E-state index contributed by atoms with van der Waals surface area (Å²) in [7, 11) is 0. The van der Waals surface area contributed by atoms with Gasteiger partial charge in [0.15, 0.2) is 4.80 Å². The maximum absolute atomic E-state index is 14.2. The van der Waals surface area contributed by atoms with Crippen molar-refractivity contribution < 1.29 is 23.8 Å². The second-order valence-electron chi connectivity index (χ2n) is 10.3. The van der Waals surface area contributed by atoms with E-state index in [9.17, 15) is 14.4 Å². The minimum absolute atomic E-state index is 0.180. The van der Waals surface area contributed by atoms with Crippen LogP contribution in [-0.2, 0) is 20.9 Å². The van der Waals surface area contributed by atoms with Crippen molar-refractivity contribution in [3.8, 4) is 5.75 Å². The number of carbonyl (C=O) groups is 2. The van der Waals surface area contributed by atoms with Crippen molar-refractivity contribution in [3.05, 3.63) is 148 Å². The van der Waals surface area contributed by atoms with E-state index < -0.39 is 12.0 Å². The highest BCUT2D eigenvalue weighted by Gasteiger charge is 2.35. The summed E-state index contributed by atoms with van der Waals surface area (Å²) in [5, 5.41) is 2.39. The van der Waals surface area contributed by atoms with Crippen molar-refractivity contribution in [1.82, 2.24) is 4.57 Å². The number of rotatable bonds is 10. The lowest BCUT2D eigenvalue weighted by atomic mass is 9.97. The van der Waals surface area contributed by atoms with Gasteiger partial charge in [-0.3, -0.25) is 9.36 Å². The number of carbonyl (C=O) groups excluding carboxylic acids is 2. The van der Waals surface area contributed by atoms with Crippen molar-refractivity contribution in [1.29, 1.82) is 0 Å². The van der Waals surface area contributed by atoms with Crippen LogP contribution in [0.1, 0.15) is 51.8 Å². The van der Waals surface area contributed by atoms with Crippen LogP contribution in [0.2, 0.25) is 5.02 Å². The lowest BCUT2D eigenvalue weighted by Gasteiger charge is -2.24. The van der Waals surface area contributed by atoms with Gasteiger partial charge in [-0.15, -0.1) is 11.3 Å². The van der Waals surface area contributed by atoms with Crippen LogP contribution in [0.25, 0.3) is 11.8 Å². The van der Waals surface area contributed by atoms with Crippen LogP contribution in [0.4, 0.5) is 0 Å². The van der Waals surface area contributed by atoms with E-state index >= 15 is 0 Å². The highest BCUT2D eigenvalue weighted by molar-refractivity contribution is 7.10. The van der Waals surface area contributed by atoms with Gasteiger partial charge in [-0.05, 0) is 67.3 Å². The molecule has 0 unspecified atom stereocenters. The number of ether oxygens (including phenoxy) is 3. The van der Waals surface area contributed by atoms with E-state index in [1.807, 2.05) is 47.8 Å². The fourth-order valence-corrected chi connectivity index (χ4v) is 7.17. The normalized spacial score (nSPS) is 14.4. The van der Waals surface area contributed by atoms with Gasteiger partial charge < -0.3 is 14.2 Å². The standard InChI is InChI=1S/C36H29ClN2O6S2/c1-3-43-34(41)24-14-12-22(13-15-24)21-45-27-17-16-26(37)19-25(27)20-29-33(40)39-32(28-11-8-18-46-28)30(35(42)44-4-2)31(38-36(39)47-29)23-9-6-5-7-10-23/h5-20,32H,3-4,21H2,1-2H3/b29-20-/t32-/m0/s1. The SMILES string of the molecule is CCOC(=O)C1=C(c2ccccc2)N=c2s/c(=C\c3cc(Cl)ccc3OCc3ccc(C(=O)OCC)cc3)c(=O)n2[C@H]1c1cccs1. The Morgan fingerprint density at radius 1 is 0.936 bits per heavy atom. The van der Waals surface area contributed by atoms with Crippen molar-refractivity contribution in [2.75, 3.05) is 13.2 Å². The third kappa shape index (κ3) is 6.85. The van der Waals surface area contributed by atoms with Gasteiger partial charge >= 0.3 is 11.9 Å². The summed E-state index contributed by atoms with van der Waals surface area (Å²) in [4.78, 5) is 45.9. The minimum Gasteiger partial charge on any atom is -0.488 e. The fraction of sp³-hybridized carbons (Fsp3) is 0.167. The molecule has 6 rings (SSSR count). The second-order valence-corrected chi connectivity index (χ2v) is 12.8. The zero-order valence-electron chi connectivity index (χ0n) is 25.5. The first-order valence-electron chi connectivity index (χ1n) is 14.9. The number of halogens is 1. The van der Waals surface area contributed by atoms with Crippen LogP contribution >= 0.6 is 34.3 Å². The first-order valence-corrected chi connectivity index (χ1v) is 17.0. The average Bonchev–Trinajstić information content (AvgIpc) is 3.73. The monoisotopic (exact) mass is 684 g/mol. The number of fused-ring (bicyclic) bond motifs is 1. The molecule has 238 valence electrons. The van der Waals surface area contributed by atoms with Gasteiger partial charge in [-0.1, -0.05) is 71.5 Å². The predicted octanol–water partition coefficient (Wildman–Crippen LogP) is 6.41. The molecule has 0 saturated heterocycles. The van der Waals surface area contributed by atoms with Crippen LogP contribution in [0.3, 0.4) is 0 Å². The van der Waals surface area contributed by atoms with Gasteiger partial charge in [0.1, 0.15) is 18.4 Å². The second kappa shape index (κ2) is 14.3. The molecule has 8 nitrogen and oxygen atoms in total. The molecule has 3 heterocycles. The van der Waals surface area contributed by atoms with Crippen molar-refractivity contribution in [3.63, 3.8) is 0 Å². The average molecular weight is 685 g/mol. The van der Waals surface area contributed by atoms with E-state index in [1.54, 1.807) is 67.0 Å². The summed E-state index contributed by atoms with van der Waals surface area (Å²) in [5.74, 6) is -0.390. The summed E-state index contributed by atoms with van der Waals surface area (Å²) >= 11 is 9.08. The highest BCUT2D eigenvalue weighted by atomic mass is 35.5. The van der Waals surface area contributed by atoms with Gasteiger partial charge in [0.2, 0.25) is 0 Å². The van der Waals surface area contributed by atoms with Crippen LogP contribution in [0.15, 0.2) is 106 Å². The lowest BCUT2D eigenvalue weighted by molar-refractivity contribution is -0.138. The van der Waals surface area contributed by atoms with Gasteiger partial charge in [0.25, 0.3) is 5.56 Å². The molecule has 0 aliphatic carbocycles. The Bertz CT molecular complexity index is 2140. The molecule has 47 heavy (non-hydrogen) atoms. The van der Waals surface area contributed by atoms with Crippen LogP contribution in [-0.4, -0.2) is 29.7 Å². The van der Waals surface area contributed by atoms with Gasteiger partial charge in [-0.2, -0.15) is 0 Å². The van der Waals surface area contributed by atoms with Crippen molar-refractivity contribution in [2.45, 2.75) is 26.5 Å². The first-order chi connectivity index (χ1) is 22.9. The molecule has 11 heteroatoms. The molecular weight excluding hydrogens is 656 g/mol. The van der Waals surface area contributed by atoms with Crippen molar-refractivity contribution >= 4 is 58.0 Å². The molecule has 0 spiro atoms. The summed E-state index contributed by atoms with van der Waals surface area (Å²) in [6.45, 7) is 4.21. The predicted molar refractivity (Wildman–Crippen MR) is 184 cm³/mol. The quantitative estimate of drug-likeness (QED) is 0.158. The number of hydrogen-bond acceptors (Lipinski definition) is 9. The topological polar surface area (TPSA) is 96.2 Å². The molecule has 2 aromatic heterocycles. The summed E-state index contributed by atoms with van der Waals surface area (Å²) < 4.78 is 18.7. The molecule has 0 radical (unpaired) electrons. The molecule has 3 aromatic carbocycles. The number of aromatic nitrogens is 1. The van der Waals surface area contributed by atoms with Crippen molar-refractivity contribution in [2.24, 2.45) is 4.99 Å². The highest BCUT2D eigenvalue weighted by Crippen LogP contribution is 2.37. The molecule has 0 amide bonds. The lowest BCUT2D eigenvalue weighted by Crippen LogP contribution is -2.39. The van der Waals surface area contributed by atoms with E-state index in [0.717, 1.165) is 16.0 Å². The number of nitrogens with zero attached hydrogens (tertiary/aromatic N) is 2. The first kappa shape index (κ1) is 32.2. The fourth-order valence-electron chi connectivity index (χ4n) is 5.17. The third-order valence-electron chi connectivity index (χ3n) is 7.30.